The van der Waals surface area contributed by atoms with Gasteiger partial charge >= 0.3 is 12.1 Å². The number of nitrogens with zero attached hydrogens (tertiary/aromatic N) is 1. The van der Waals surface area contributed by atoms with Gasteiger partial charge in [-0.25, -0.2) is 8.78 Å². The summed E-state index contributed by atoms with van der Waals surface area (Å²) >= 11 is 0. The summed E-state index contributed by atoms with van der Waals surface area (Å²) < 4.78 is 68.2. The van der Waals surface area contributed by atoms with Gasteiger partial charge in [-0.15, -0.1) is 0 Å². The first-order valence-corrected chi connectivity index (χ1v) is 5.67. The number of halogens is 5. The van der Waals surface area contributed by atoms with Crippen molar-refractivity contribution in [1.29, 1.82) is 0 Å². The van der Waals surface area contributed by atoms with Crippen molar-refractivity contribution in [3.8, 4) is 0 Å². The molecule has 1 aromatic rings. The third-order valence-corrected chi connectivity index (χ3v) is 2.62. The van der Waals surface area contributed by atoms with Crippen LogP contribution in [0, 0.1) is 6.92 Å². The zero-order valence-corrected chi connectivity index (χ0v) is 10.7. The molecule has 8 heteroatoms. The number of ether oxygens (including phenoxy) is 1. The number of pyridine rings is 1. The maximum Gasteiger partial charge on any atom is 0.418 e. The minimum atomic E-state index is -4.92. The van der Waals surface area contributed by atoms with E-state index in [-0.39, 0.29) is 17.9 Å². The summed E-state index contributed by atoms with van der Waals surface area (Å²) in [5.74, 6) is -0.733. The fourth-order valence-electron chi connectivity index (χ4n) is 1.70. The lowest BCUT2D eigenvalue weighted by molar-refractivity contribution is -0.142. The minimum absolute atomic E-state index is 0.0836. The molecule has 0 aliphatic rings. The van der Waals surface area contributed by atoms with Crippen LogP contribution >= 0.6 is 0 Å². The number of rotatable bonds is 4. The molecule has 0 aromatic carbocycles. The molecule has 0 radical (unpaired) electrons. The summed E-state index contributed by atoms with van der Waals surface area (Å²) in [6.07, 6.45) is -8.36. The van der Waals surface area contributed by atoms with Gasteiger partial charge in [-0.05, 0) is 19.4 Å². The van der Waals surface area contributed by atoms with Gasteiger partial charge in [-0.3, -0.25) is 9.78 Å². The Balaban J connectivity index is 3.26. The molecule has 0 atom stereocenters. The van der Waals surface area contributed by atoms with E-state index < -0.39 is 36.1 Å². The predicted molar refractivity (Wildman–Crippen MR) is 59.3 cm³/mol. The molecule has 0 unspecified atom stereocenters. The minimum Gasteiger partial charge on any atom is -0.466 e. The summed E-state index contributed by atoms with van der Waals surface area (Å²) in [5.41, 5.74) is -3.13. The van der Waals surface area contributed by atoms with Crippen molar-refractivity contribution in [2.75, 3.05) is 6.61 Å². The van der Waals surface area contributed by atoms with E-state index in [9.17, 15) is 26.7 Å². The van der Waals surface area contributed by atoms with Crippen molar-refractivity contribution in [1.82, 2.24) is 4.98 Å². The lowest BCUT2D eigenvalue weighted by Crippen LogP contribution is -2.16. The molecule has 20 heavy (non-hydrogen) atoms. The molecule has 0 N–H and O–H groups in total. The Morgan fingerprint density at radius 2 is 2.00 bits per heavy atom. The van der Waals surface area contributed by atoms with E-state index in [4.69, 9.17) is 0 Å². The monoisotopic (exact) mass is 297 g/mol. The second-order valence-electron chi connectivity index (χ2n) is 3.94. The highest BCUT2D eigenvalue weighted by Gasteiger charge is 2.37. The number of esters is 1. The van der Waals surface area contributed by atoms with Crippen LogP contribution in [0.25, 0.3) is 0 Å². The lowest BCUT2D eigenvalue weighted by atomic mass is 10.0. The second kappa shape index (κ2) is 6.15. The first-order chi connectivity index (χ1) is 9.18. The Morgan fingerprint density at radius 1 is 1.40 bits per heavy atom. The highest BCUT2D eigenvalue weighted by molar-refractivity contribution is 5.72. The number of carbonyl (C=O) groups excluding carboxylic acids is 1. The van der Waals surface area contributed by atoms with Crippen molar-refractivity contribution < 1.29 is 31.5 Å². The van der Waals surface area contributed by atoms with Crippen molar-refractivity contribution >= 4 is 5.97 Å². The molecule has 0 aliphatic heterocycles. The van der Waals surface area contributed by atoms with Crippen molar-refractivity contribution in [2.45, 2.75) is 32.9 Å². The van der Waals surface area contributed by atoms with E-state index in [1.54, 1.807) is 6.92 Å². The molecule has 3 nitrogen and oxygen atoms in total. The van der Waals surface area contributed by atoms with Gasteiger partial charge in [-0.2, -0.15) is 13.2 Å². The number of alkyl halides is 5. The Morgan fingerprint density at radius 3 is 2.45 bits per heavy atom. The highest BCUT2D eigenvalue weighted by atomic mass is 19.4. The van der Waals surface area contributed by atoms with E-state index >= 15 is 0 Å². The zero-order chi connectivity index (χ0) is 15.5. The maximum absolute atomic E-state index is 12.8. The average Bonchev–Trinajstić information content (AvgIpc) is 2.29. The molecule has 0 bridgehead atoms. The van der Waals surface area contributed by atoms with Crippen molar-refractivity contribution in [3.63, 3.8) is 0 Å². The second-order valence-corrected chi connectivity index (χ2v) is 3.94. The molecule has 112 valence electrons. The average molecular weight is 297 g/mol. The molecular formula is C12H12F5NO2. The quantitative estimate of drug-likeness (QED) is 0.631. The molecule has 0 amide bonds. The van der Waals surface area contributed by atoms with E-state index in [0.717, 1.165) is 6.92 Å². The SMILES string of the molecule is CCOC(=O)Cc1ncc(C(F)(F)F)c(C(F)F)c1C. The molecule has 1 rings (SSSR count). The van der Waals surface area contributed by atoms with Crippen LogP contribution in [-0.4, -0.2) is 17.6 Å². The van der Waals surface area contributed by atoms with E-state index in [1.165, 1.54) is 0 Å². The standard InChI is InChI=1S/C12H12F5NO2/c1-3-20-9(19)4-8-6(2)10(11(13)14)7(5-18-8)12(15,16)17/h5,11H,3-4H2,1-2H3. The zero-order valence-electron chi connectivity index (χ0n) is 10.7. The topological polar surface area (TPSA) is 39.2 Å². The Labute approximate surface area is 111 Å². The molecule has 0 saturated carbocycles. The van der Waals surface area contributed by atoms with Crippen LogP contribution in [0.3, 0.4) is 0 Å². The number of aromatic nitrogens is 1. The van der Waals surface area contributed by atoms with Crippen LogP contribution in [0.4, 0.5) is 22.0 Å². The summed E-state index contributed by atoms with van der Waals surface area (Å²) in [6, 6.07) is 0. The van der Waals surface area contributed by atoms with Gasteiger partial charge < -0.3 is 4.74 Å². The van der Waals surface area contributed by atoms with E-state index in [2.05, 4.69) is 9.72 Å². The normalized spacial score (nSPS) is 11.8. The molecule has 1 heterocycles. The summed E-state index contributed by atoms with van der Waals surface area (Å²) in [7, 11) is 0. The van der Waals surface area contributed by atoms with E-state index in [1.807, 2.05) is 0 Å². The summed E-state index contributed by atoms with van der Waals surface area (Å²) in [5, 5.41) is 0. The van der Waals surface area contributed by atoms with Crippen LogP contribution in [0.1, 0.15) is 35.7 Å². The molecule has 0 saturated heterocycles. The smallest absolute Gasteiger partial charge is 0.418 e. The van der Waals surface area contributed by atoms with Gasteiger partial charge in [-0.1, -0.05) is 0 Å². The van der Waals surface area contributed by atoms with E-state index in [0.29, 0.717) is 6.20 Å². The summed E-state index contributed by atoms with van der Waals surface area (Å²) in [6.45, 7) is 2.72. The van der Waals surface area contributed by atoms with Gasteiger partial charge in [0.05, 0.1) is 24.3 Å². The Hall–Kier alpha value is -1.73. The van der Waals surface area contributed by atoms with Gasteiger partial charge in [0.2, 0.25) is 0 Å². The molecular weight excluding hydrogens is 285 g/mol. The Bertz CT molecular complexity index is 499. The van der Waals surface area contributed by atoms with Gasteiger partial charge in [0, 0.05) is 11.8 Å². The van der Waals surface area contributed by atoms with Gasteiger partial charge in [0.15, 0.2) is 0 Å². The van der Waals surface area contributed by atoms with Gasteiger partial charge in [0.1, 0.15) is 0 Å². The van der Waals surface area contributed by atoms with Crippen LogP contribution < -0.4 is 0 Å². The fourth-order valence-corrected chi connectivity index (χ4v) is 1.70. The van der Waals surface area contributed by atoms with Gasteiger partial charge in [0.25, 0.3) is 6.43 Å². The molecule has 0 spiro atoms. The first kappa shape index (κ1) is 16.3. The fraction of sp³-hybridized carbons (Fsp3) is 0.500. The number of hydrogen-bond donors (Lipinski definition) is 0. The van der Waals surface area contributed by atoms with Crippen LogP contribution in [0.2, 0.25) is 0 Å². The lowest BCUT2D eigenvalue weighted by Gasteiger charge is -2.16. The maximum atomic E-state index is 12.8. The summed E-state index contributed by atoms with van der Waals surface area (Å²) in [4.78, 5) is 14.7. The third-order valence-electron chi connectivity index (χ3n) is 2.62. The number of carbonyl (C=O) groups is 1. The molecule has 0 fully saturated rings. The highest BCUT2D eigenvalue weighted by Crippen LogP contribution is 2.38. The van der Waals surface area contributed by atoms with Crippen molar-refractivity contribution in [3.05, 3.63) is 28.6 Å². The molecule has 0 aliphatic carbocycles. The van der Waals surface area contributed by atoms with Crippen LogP contribution in [0.5, 0.6) is 0 Å². The van der Waals surface area contributed by atoms with Crippen molar-refractivity contribution in [2.24, 2.45) is 0 Å². The first-order valence-electron chi connectivity index (χ1n) is 5.67. The third kappa shape index (κ3) is 3.64. The van der Waals surface area contributed by atoms with Crippen LogP contribution in [0.15, 0.2) is 6.20 Å². The Kier molecular flexibility index (Phi) is 5.02. The number of hydrogen-bond acceptors (Lipinski definition) is 3. The van der Waals surface area contributed by atoms with Crippen LogP contribution in [-0.2, 0) is 22.1 Å². The largest absolute Gasteiger partial charge is 0.466 e. The molecule has 1 aromatic heterocycles. The predicted octanol–water partition coefficient (Wildman–Crippen LogP) is 3.45.